The summed E-state index contributed by atoms with van der Waals surface area (Å²) in [7, 11) is 0. The Balaban J connectivity index is 2.14. The van der Waals surface area contributed by atoms with Gasteiger partial charge in [-0.3, -0.25) is 0 Å². The van der Waals surface area contributed by atoms with Crippen LogP contribution in [0.2, 0.25) is 0 Å². The molecule has 1 unspecified atom stereocenters. The van der Waals surface area contributed by atoms with Crippen LogP contribution in [-0.2, 0) is 12.8 Å². The minimum atomic E-state index is -0.0901. The first-order chi connectivity index (χ1) is 9.13. The van der Waals surface area contributed by atoms with Crippen molar-refractivity contribution < 1.29 is 4.42 Å². The van der Waals surface area contributed by atoms with Gasteiger partial charge in [0.1, 0.15) is 11.8 Å². The van der Waals surface area contributed by atoms with E-state index in [0.29, 0.717) is 11.8 Å². The normalized spacial score (nSPS) is 12.4. The van der Waals surface area contributed by atoms with Crippen LogP contribution in [0.15, 0.2) is 10.6 Å². The summed E-state index contributed by atoms with van der Waals surface area (Å²) in [5.74, 6) is 1.93. The second-order valence-corrected chi connectivity index (χ2v) is 4.41. The third-order valence-electron chi connectivity index (χ3n) is 2.86. The highest BCUT2D eigenvalue weighted by Crippen LogP contribution is 2.16. The monoisotopic (exact) mass is 261 g/mol. The second-order valence-electron chi connectivity index (χ2n) is 4.41. The predicted octanol–water partition coefficient (Wildman–Crippen LogP) is 2.47. The van der Waals surface area contributed by atoms with E-state index < -0.39 is 0 Å². The smallest absolute Gasteiger partial charge is 0.243 e. The maximum atomic E-state index is 5.47. The topological polar surface area (TPSA) is 76.7 Å². The highest BCUT2D eigenvalue weighted by molar-refractivity contribution is 5.28. The standard InChI is InChI=1S/C13H19N5O/c1-5-10-11(6-2)17-18-13(16-10)15-9(4)12-14-7-8(3)19-12/h7,9H,5-6H2,1-4H3,(H,15,16,18). The van der Waals surface area contributed by atoms with Gasteiger partial charge in [0.15, 0.2) is 0 Å². The van der Waals surface area contributed by atoms with Crippen molar-refractivity contribution in [3.8, 4) is 0 Å². The summed E-state index contributed by atoms with van der Waals surface area (Å²) >= 11 is 0. The van der Waals surface area contributed by atoms with Gasteiger partial charge >= 0.3 is 0 Å². The van der Waals surface area contributed by atoms with Crippen molar-refractivity contribution in [3.63, 3.8) is 0 Å². The minimum Gasteiger partial charge on any atom is -0.444 e. The molecule has 2 rings (SSSR count). The van der Waals surface area contributed by atoms with Gasteiger partial charge in [0, 0.05) is 0 Å². The average molecular weight is 261 g/mol. The molecule has 0 radical (unpaired) electrons. The van der Waals surface area contributed by atoms with Crippen molar-refractivity contribution in [1.82, 2.24) is 20.2 Å². The molecule has 102 valence electrons. The molecular weight excluding hydrogens is 242 g/mol. The molecule has 0 bridgehead atoms. The molecule has 0 aliphatic carbocycles. The first-order valence-corrected chi connectivity index (χ1v) is 6.55. The zero-order valence-corrected chi connectivity index (χ0v) is 11.8. The highest BCUT2D eigenvalue weighted by atomic mass is 16.4. The van der Waals surface area contributed by atoms with E-state index in [1.807, 2.05) is 13.8 Å². The van der Waals surface area contributed by atoms with Crippen LogP contribution in [0, 0.1) is 6.92 Å². The molecule has 6 heteroatoms. The molecule has 0 aliphatic heterocycles. The van der Waals surface area contributed by atoms with E-state index in [9.17, 15) is 0 Å². The Hall–Kier alpha value is -1.98. The van der Waals surface area contributed by atoms with E-state index >= 15 is 0 Å². The fourth-order valence-electron chi connectivity index (χ4n) is 1.83. The van der Waals surface area contributed by atoms with E-state index in [1.165, 1.54) is 0 Å². The van der Waals surface area contributed by atoms with Gasteiger partial charge in [-0.05, 0) is 26.7 Å². The summed E-state index contributed by atoms with van der Waals surface area (Å²) in [6, 6.07) is -0.0901. The number of oxazole rings is 1. The summed E-state index contributed by atoms with van der Waals surface area (Å²) in [5, 5.41) is 11.4. The summed E-state index contributed by atoms with van der Waals surface area (Å²) in [6.45, 7) is 7.93. The molecule has 0 aliphatic rings. The summed E-state index contributed by atoms with van der Waals surface area (Å²) in [6.07, 6.45) is 3.39. The molecule has 2 heterocycles. The van der Waals surface area contributed by atoms with E-state index in [2.05, 4.69) is 39.3 Å². The van der Waals surface area contributed by atoms with E-state index in [0.717, 1.165) is 30.0 Å². The summed E-state index contributed by atoms with van der Waals surface area (Å²) in [4.78, 5) is 8.66. The Kier molecular flexibility index (Phi) is 4.09. The number of hydrogen-bond acceptors (Lipinski definition) is 6. The lowest BCUT2D eigenvalue weighted by atomic mass is 10.2. The Morgan fingerprint density at radius 1 is 1.21 bits per heavy atom. The van der Waals surface area contributed by atoms with Gasteiger partial charge < -0.3 is 9.73 Å². The van der Waals surface area contributed by atoms with Crippen molar-refractivity contribution in [2.24, 2.45) is 0 Å². The third kappa shape index (κ3) is 3.07. The van der Waals surface area contributed by atoms with Crippen LogP contribution in [-0.4, -0.2) is 20.2 Å². The molecule has 0 fully saturated rings. The molecule has 19 heavy (non-hydrogen) atoms. The van der Waals surface area contributed by atoms with Gasteiger partial charge in [-0.15, -0.1) is 5.10 Å². The van der Waals surface area contributed by atoms with Crippen molar-refractivity contribution in [2.75, 3.05) is 5.32 Å². The van der Waals surface area contributed by atoms with Crippen molar-refractivity contribution in [3.05, 3.63) is 29.2 Å². The molecule has 0 saturated heterocycles. The number of aromatic nitrogens is 4. The van der Waals surface area contributed by atoms with Gasteiger partial charge in [-0.1, -0.05) is 13.8 Å². The first-order valence-electron chi connectivity index (χ1n) is 6.55. The predicted molar refractivity (Wildman–Crippen MR) is 71.9 cm³/mol. The Morgan fingerprint density at radius 3 is 2.53 bits per heavy atom. The number of rotatable bonds is 5. The van der Waals surface area contributed by atoms with Crippen LogP contribution in [0.5, 0.6) is 0 Å². The lowest BCUT2D eigenvalue weighted by molar-refractivity contribution is 0.452. The van der Waals surface area contributed by atoms with Crippen molar-refractivity contribution in [1.29, 1.82) is 0 Å². The fourth-order valence-corrected chi connectivity index (χ4v) is 1.83. The van der Waals surface area contributed by atoms with Crippen LogP contribution in [0.1, 0.15) is 49.9 Å². The van der Waals surface area contributed by atoms with Gasteiger partial charge in [-0.2, -0.15) is 5.10 Å². The Labute approximate surface area is 112 Å². The van der Waals surface area contributed by atoms with Gasteiger partial charge in [0.25, 0.3) is 0 Å². The van der Waals surface area contributed by atoms with Crippen LogP contribution < -0.4 is 5.32 Å². The lowest BCUT2D eigenvalue weighted by Gasteiger charge is -2.11. The Bertz CT molecular complexity index is 552. The van der Waals surface area contributed by atoms with Gasteiger partial charge in [-0.25, -0.2) is 9.97 Å². The lowest BCUT2D eigenvalue weighted by Crippen LogP contribution is -2.13. The number of nitrogens with zero attached hydrogens (tertiary/aromatic N) is 4. The quantitative estimate of drug-likeness (QED) is 0.891. The van der Waals surface area contributed by atoms with Crippen LogP contribution in [0.25, 0.3) is 0 Å². The number of aryl methyl sites for hydroxylation is 3. The van der Waals surface area contributed by atoms with Crippen LogP contribution in [0.4, 0.5) is 5.95 Å². The molecular formula is C13H19N5O. The molecule has 2 aromatic heterocycles. The molecule has 6 nitrogen and oxygen atoms in total. The largest absolute Gasteiger partial charge is 0.444 e. The average Bonchev–Trinajstić information content (AvgIpc) is 2.85. The third-order valence-corrected chi connectivity index (χ3v) is 2.86. The molecule has 0 saturated carbocycles. The zero-order valence-electron chi connectivity index (χ0n) is 11.8. The van der Waals surface area contributed by atoms with Crippen LogP contribution in [0.3, 0.4) is 0 Å². The fraction of sp³-hybridized carbons (Fsp3) is 0.538. The molecule has 0 spiro atoms. The number of anilines is 1. The summed E-state index contributed by atoms with van der Waals surface area (Å²) in [5.41, 5.74) is 1.93. The molecule has 0 aromatic carbocycles. The maximum absolute atomic E-state index is 5.47. The molecule has 1 N–H and O–H groups in total. The second kappa shape index (κ2) is 5.77. The zero-order chi connectivity index (χ0) is 13.8. The van der Waals surface area contributed by atoms with Crippen LogP contribution >= 0.6 is 0 Å². The molecule has 1 atom stereocenters. The first kappa shape index (κ1) is 13.5. The highest BCUT2D eigenvalue weighted by Gasteiger charge is 2.14. The van der Waals surface area contributed by atoms with Gasteiger partial charge in [0.2, 0.25) is 11.8 Å². The minimum absolute atomic E-state index is 0.0901. The number of hydrogen-bond donors (Lipinski definition) is 1. The SMILES string of the molecule is CCc1nnc(NC(C)c2ncc(C)o2)nc1CC. The Morgan fingerprint density at radius 2 is 1.95 bits per heavy atom. The molecule has 2 aromatic rings. The summed E-state index contributed by atoms with van der Waals surface area (Å²) < 4.78 is 5.47. The van der Waals surface area contributed by atoms with Gasteiger partial charge in [0.05, 0.1) is 17.6 Å². The number of nitrogens with one attached hydrogen (secondary N) is 1. The van der Waals surface area contributed by atoms with Crippen molar-refractivity contribution >= 4 is 5.95 Å². The maximum Gasteiger partial charge on any atom is 0.243 e. The van der Waals surface area contributed by atoms with E-state index in [1.54, 1.807) is 6.20 Å². The van der Waals surface area contributed by atoms with E-state index in [4.69, 9.17) is 4.42 Å². The van der Waals surface area contributed by atoms with Crippen molar-refractivity contribution in [2.45, 2.75) is 46.6 Å². The molecule has 0 amide bonds. The van der Waals surface area contributed by atoms with E-state index in [-0.39, 0.29) is 6.04 Å².